The zero-order valence-corrected chi connectivity index (χ0v) is 10.8. The largest absolute Gasteiger partial charge is 0.374 e. The van der Waals surface area contributed by atoms with Crippen LogP contribution in [0.25, 0.3) is 0 Å². The van der Waals surface area contributed by atoms with Crippen molar-refractivity contribution >= 4 is 0 Å². The molecule has 0 unspecified atom stereocenters. The second-order valence-corrected chi connectivity index (χ2v) is 3.66. The normalized spacial score (nSPS) is 11.1. The van der Waals surface area contributed by atoms with Crippen LogP contribution >= 0.6 is 0 Å². The first-order valence-corrected chi connectivity index (χ1v) is 5.50. The molecule has 0 aromatic carbocycles. The van der Waals surface area contributed by atoms with E-state index in [-0.39, 0.29) is 17.9 Å². The van der Waals surface area contributed by atoms with Gasteiger partial charge in [0, 0.05) is 33.5 Å². The minimum atomic E-state index is -0.415. The molecule has 1 heterocycles. The monoisotopic (exact) mass is 258 g/mol. The molecular formula is C11H18N2O5. The van der Waals surface area contributed by atoms with Crippen molar-refractivity contribution in [3.8, 4) is 0 Å². The Labute approximate surface area is 105 Å². The van der Waals surface area contributed by atoms with Gasteiger partial charge in [-0.3, -0.25) is 13.9 Å². The minimum Gasteiger partial charge on any atom is -0.374 e. The lowest BCUT2D eigenvalue weighted by molar-refractivity contribution is -0.140. The summed E-state index contributed by atoms with van der Waals surface area (Å²) in [5.74, 6) is 0. The van der Waals surface area contributed by atoms with Crippen LogP contribution < -0.4 is 11.2 Å². The molecule has 0 fully saturated rings. The SMILES string of the molecule is COC(COCCn1ccc(=O)n(C)c1=O)OC. The van der Waals surface area contributed by atoms with Crippen LogP contribution in [0.5, 0.6) is 0 Å². The summed E-state index contributed by atoms with van der Waals surface area (Å²) in [6.45, 7) is 0.988. The molecule has 102 valence electrons. The molecule has 7 nitrogen and oxygen atoms in total. The van der Waals surface area contributed by atoms with E-state index in [0.29, 0.717) is 13.2 Å². The van der Waals surface area contributed by atoms with Crippen molar-refractivity contribution in [2.45, 2.75) is 12.8 Å². The molecule has 0 aliphatic carbocycles. The summed E-state index contributed by atoms with van der Waals surface area (Å²) < 4.78 is 17.7. The van der Waals surface area contributed by atoms with E-state index in [1.165, 1.54) is 38.1 Å². The second kappa shape index (κ2) is 7.10. The first-order chi connectivity index (χ1) is 8.60. The third-order valence-electron chi connectivity index (χ3n) is 2.52. The molecule has 1 aromatic rings. The molecule has 1 aromatic heterocycles. The topological polar surface area (TPSA) is 71.7 Å². The smallest absolute Gasteiger partial charge is 0.330 e. The lowest BCUT2D eigenvalue weighted by atomic mass is 10.5. The van der Waals surface area contributed by atoms with E-state index in [4.69, 9.17) is 14.2 Å². The van der Waals surface area contributed by atoms with E-state index in [2.05, 4.69) is 0 Å². The molecule has 1 rings (SSSR count). The highest BCUT2D eigenvalue weighted by molar-refractivity contribution is 4.85. The fraction of sp³-hybridized carbons (Fsp3) is 0.636. The summed E-state index contributed by atoms with van der Waals surface area (Å²) in [6, 6.07) is 1.34. The molecule has 0 amide bonds. The van der Waals surface area contributed by atoms with Crippen molar-refractivity contribution in [2.24, 2.45) is 7.05 Å². The summed E-state index contributed by atoms with van der Waals surface area (Å²) in [5, 5.41) is 0. The number of methoxy groups -OCH3 is 2. The van der Waals surface area contributed by atoms with Gasteiger partial charge >= 0.3 is 5.69 Å². The van der Waals surface area contributed by atoms with Crippen molar-refractivity contribution in [1.82, 2.24) is 9.13 Å². The summed E-state index contributed by atoms with van der Waals surface area (Å²) in [6.07, 6.45) is 1.04. The molecule has 0 saturated heterocycles. The van der Waals surface area contributed by atoms with Crippen molar-refractivity contribution in [2.75, 3.05) is 27.4 Å². The third kappa shape index (κ3) is 3.80. The Bertz CT molecular complexity index is 475. The number of hydrogen-bond donors (Lipinski definition) is 0. The highest BCUT2D eigenvalue weighted by Gasteiger charge is 2.05. The molecule has 0 bridgehead atoms. The minimum absolute atomic E-state index is 0.285. The van der Waals surface area contributed by atoms with Crippen LogP contribution in [-0.2, 0) is 27.8 Å². The zero-order valence-electron chi connectivity index (χ0n) is 10.8. The quantitative estimate of drug-likeness (QED) is 0.472. The predicted octanol–water partition coefficient (Wildman–Crippen LogP) is -0.817. The highest BCUT2D eigenvalue weighted by atomic mass is 16.7. The number of ether oxygens (including phenoxy) is 3. The molecule has 0 radical (unpaired) electrons. The van der Waals surface area contributed by atoms with E-state index in [0.717, 1.165) is 4.57 Å². The summed E-state index contributed by atoms with van der Waals surface area (Å²) in [4.78, 5) is 22.8. The predicted molar refractivity (Wildman–Crippen MR) is 64.6 cm³/mol. The van der Waals surface area contributed by atoms with Crippen molar-refractivity contribution < 1.29 is 14.2 Å². The zero-order chi connectivity index (χ0) is 13.5. The highest BCUT2D eigenvalue weighted by Crippen LogP contribution is 1.92. The first kappa shape index (κ1) is 14.6. The van der Waals surface area contributed by atoms with Crippen LogP contribution in [0, 0.1) is 0 Å². The molecule has 0 N–H and O–H groups in total. The maximum Gasteiger partial charge on any atom is 0.330 e. The van der Waals surface area contributed by atoms with Crippen molar-refractivity contribution in [3.05, 3.63) is 33.1 Å². The van der Waals surface area contributed by atoms with Gasteiger partial charge in [-0.1, -0.05) is 0 Å². The van der Waals surface area contributed by atoms with E-state index < -0.39 is 6.29 Å². The lowest BCUT2D eigenvalue weighted by Gasteiger charge is -2.13. The number of nitrogens with zero attached hydrogens (tertiary/aromatic N) is 2. The van der Waals surface area contributed by atoms with Gasteiger partial charge in [0.15, 0.2) is 6.29 Å². The van der Waals surface area contributed by atoms with Gasteiger partial charge in [-0.15, -0.1) is 0 Å². The van der Waals surface area contributed by atoms with Crippen molar-refractivity contribution in [3.63, 3.8) is 0 Å². The van der Waals surface area contributed by atoms with Gasteiger partial charge in [0.2, 0.25) is 0 Å². The molecule has 0 saturated carbocycles. The Morgan fingerprint density at radius 3 is 2.56 bits per heavy atom. The fourth-order valence-electron chi connectivity index (χ4n) is 1.36. The number of aromatic nitrogens is 2. The third-order valence-corrected chi connectivity index (χ3v) is 2.52. The van der Waals surface area contributed by atoms with Gasteiger partial charge < -0.3 is 14.2 Å². The first-order valence-electron chi connectivity index (χ1n) is 5.50. The Hall–Kier alpha value is -1.44. The van der Waals surface area contributed by atoms with Gasteiger partial charge in [-0.2, -0.15) is 0 Å². The Morgan fingerprint density at radius 1 is 1.28 bits per heavy atom. The maximum atomic E-state index is 11.7. The fourth-order valence-corrected chi connectivity index (χ4v) is 1.36. The van der Waals surface area contributed by atoms with Gasteiger partial charge in [0.05, 0.1) is 19.8 Å². The van der Waals surface area contributed by atoms with Crippen molar-refractivity contribution in [1.29, 1.82) is 0 Å². The Balaban J connectivity index is 2.48. The number of rotatable bonds is 7. The number of hydrogen-bond acceptors (Lipinski definition) is 5. The lowest BCUT2D eigenvalue weighted by Crippen LogP contribution is -2.37. The van der Waals surface area contributed by atoms with Gasteiger partial charge in [0.25, 0.3) is 5.56 Å². The van der Waals surface area contributed by atoms with Gasteiger partial charge in [-0.05, 0) is 0 Å². The van der Waals surface area contributed by atoms with Crippen LogP contribution in [-0.4, -0.2) is 42.9 Å². The van der Waals surface area contributed by atoms with Crippen LogP contribution in [0.1, 0.15) is 0 Å². The van der Waals surface area contributed by atoms with Gasteiger partial charge in [-0.25, -0.2) is 4.79 Å². The molecular weight excluding hydrogens is 240 g/mol. The van der Waals surface area contributed by atoms with Gasteiger partial charge in [0.1, 0.15) is 0 Å². The van der Waals surface area contributed by atoms with Crippen LogP contribution in [0.4, 0.5) is 0 Å². The molecule has 0 spiro atoms. The van der Waals surface area contributed by atoms with Crippen LogP contribution in [0.3, 0.4) is 0 Å². The van der Waals surface area contributed by atoms with Crippen LogP contribution in [0.15, 0.2) is 21.9 Å². The average molecular weight is 258 g/mol. The van der Waals surface area contributed by atoms with Crippen LogP contribution in [0.2, 0.25) is 0 Å². The average Bonchev–Trinajstić information content (AvgIpc) is 2.38. The molecule has 18 heavy (non-hydrogen) atoms. The van der Waals surface area contributed by atoms with E-state index in [9.17, 15) is 9.59 Å². The second-order valence-electron chi connectivity index (χ2n) is 3.66. The standard InChI is InChI=1S/C11H18N2O5/c1-12-9(14)4-5-13(11(12)15)6-7-18-8-10(16-2)17-3/h4-5,10H,6-8H2,1-3H3. The molecule has 0 atom stereocenters. The molecule has 7 heteroatoms. The summed E-state index contributed by atoms with van der Waals surface area (Å²) in [7, 11) is 4.48. The molecule has 0 aliphatic heterocycles. The van der Waals surface area contributed by atoms with E-state index in [1.54, 1.807) is 0 Å². The maximum absolute atomic E-state index is 11.7. The Kier molecular flexibility index (Phi) is 5.76. The molecule has 0 aliphatic rings. The summed E-state index contributed by atoms with van der Waals surface area (Å²) in [5.41, 5.74) is -0.683. The summed E-state index contributed by atoms with van der Waals surface area (Å²) >= 11 is 0. The van der Waals surface area contributed by atoms with E-state index >= 15 is 0 Å². The Morgan fingerprint density at radius 2 is 1.94 bits per heavy atom. The van der Waals surface area contributed by atoms with E-state index in [1.807, 2.05) is 0 Å².